The molecule has 4 aromatic rings. The van der Waals surface area contributed by atoms with Crippen molar-refractivity contribution in [2.45, 2.75) is 55.8 Å². The van der Waals surface area contributed by atoms with Crippen LogP contribution in [0.2, 0.25) is 0 Å². The van der Waals surface area contributed by atoms with E-state index in [-0.39, 0.29) is 17.6 Å². The molecule has 0 saturated carbocycles. The number of rotatable bonds is 10. The average molecular weight is 593 g/mol. The standard InChI is InChI=1S/C30H32N4O3S3/c1-4-37-29(36)27-23-15-12-20(3)16-24(23)40-28(27)31-26(35)18-39-30-33-32-25(34(30)21-8-6-5-7-9-21)17-38-22-13-10-19(2)11-14-22/h5-11,13-14,20H,4,12,15-18H2,1-3H3,(H,31,35). The highest BCUT2D eigenvalue weighted by Gasteiger charge is 2.29. The Kier molecular flexibility index (Phi) is 9.29. The summed E-state index contributed by atoms with van der Waals surface area (Å²) in [5.74, 6) is 1.58. The van der Waals surface area contributed by atoms with E-state index in [0.29, 0.717) is 34.0 Å². The number of aromatic nitrogens is 3. The van der Waals surface area contributed by atoms with Crippen molar-refractivity contribution in [2.75, 3.05) is 17.7 Å². The van der Waals surface area contributed by atoms with Crippen LogP contribution in [0, 0.1) is 12.8 Å². The molecule has 0 spiro atoms. The van der Waals surface area contributed by atoms with Gasteiger partial charge < -0.3 is 10.1 Å². The number of hydrogen-bond donors (Lipinski definition) is 1. The minimum Gasteiger partial charge on any atom is -0.462 e. The average Bonchev–Trinajstić information content (AvgIpc) is 3.52. The first-order valence-electron chi connectivity index (χ1n) is 13.4. The van der Waals surface area contributed by atoms with Gasteiger partial charge in [0.05, 0.1) is 23.7 Å². The summed E-state index contributed by atoms with van der Waals surface area (Å²) in [4.78, 5) is 28.3. The third kappa shape index (κ3) is 6.62. The molecule has 1 N–H and O–H groups in total. The van der Waals surface area contributed by atoms with Gasteiger partial charge in [0.1, 0.15) is 10.8 Å². The van der Waals surface area contributed by atoms with Gasteiger partial charge in [-0.25, -0.2) is 4.79 Å². The van der Waals surface area contributed by atoms with Gasteiger partial charge in [0.15, 0.2) is 5.16 Å². The van der Waals surface area contributed by atoms with Crippen LogP contribution in [0.4, 0.5) is 5.00 Å². The number of carbonyl (C=O) groups is 2. The number of anilines is 1. The zero-order valence-corrected chi connectivity index (χ0v) is 25.3. The molecule has 2 heterocycles. The fourth-order valence-corrected chi connectivity index (χ4v) is 7.65. The number of esters is 1. The number of nitrogens with zero attached hydrogens (tertiary/aromatic N) is 3. The van der Waals surface area contributed by atoms with Crippen LogP contribution in [0.25, 0.3) is 5.69 Å². The third-order valence-corrected chi connectivity index (χ3v) is 9.79. The lowest BCUT2D eigenvalue weighted by Gasteiger charge is -2.18. The molecule has 1 atom stereocenters. The lowest BCUT2D eigenvalue weighted by Crippen LogP contribution is -2.18. The maximum absolute atomic E-state index is 13.1. The number of amides is 1. The van der Waals surface area contributed by atoms with Gasteiger partial charge in [-0.3, -0.25) is 9.36 Å². The van der Waals surface area contributed by atoms with Crippen molar-refractivity contribution in [1.29, 1.82) is 0 Å². The van der Waals surface area contributed by atoms with Crippen LogP contribution in [-0.2, 0) is 28.1 Å². The van der Waals surface area contributed by atoms with Gasteiger partial charge in [-0.15, -0.1) is 33.3 Å². The molecular weight excluding hydrogens is 561 g/mol. The molecule has 7 nitrogen and oxygen atoms in total. The van der Waals surface area contributed by atoms with Crippen LogP contribution in [0.3, 0.4) is 0 Å². The molecule has 0 bridgehead atoms. The van der Waals surface area contributed by atoms with Crippen molar-refractivity contribution in [3.8, 4) is 5.69 Å². The predicted molar refractivity (Wildman–Crippen MR) is 163 cm³/mol. The van der Waals surface area contributed by atoms with E-state index in [4.69, 9.17) is 4.74 Å². The number of thiophene rings is 1. The first-order chi connectivity index (χ1) is 19.4. The molecule has 1 unspecified atom stereocenters. The third-order valence-electron chi connectivity index (χ3n) is 6.68. The minimum absolute atomic E-state index is 0.136. The molecule has 0 fully saturated rings. The first kappa shape index (κ1) is 28.4. The van der Waals surface area contributed by atoms with Gasteiger partial charge in [-0.05, 0) is 68.9 Å². The second-order valence-corrected chi connectivity index (χ2v) is 12.9. The topological polar surface area (TPSA) is 86.1 Å². The highest BCUT2D eigenvalue weighted by atomic mass is 32.2. The molecule has 1 aliphatic carbocycles. The molecule has 0 aliphatic heterocycles. The van der Waals surface area contributed by atoms with Crippen LogP contribution in [-0.4, -0.2) is 39.0 Å². The van der Waals surface area contributed by atoms with Gasteiger partial charge in [0.25, 0.3) is 0 Å². The largest absolute Gasteiger partial charge is 0.462 e. The zero-order valence-electron chi connectivity index (χ0n) is 22.8. The summed E-state index contributed by atoms with van der Waals surface area (Å²) < 4.78 is 7.35. The Morgan fingerprint density at radius 3 is 2.62 bits per heavy atom. The number of para-hydroxylation sites is 1. The molecule has 0 radical (unpaired) electrons. The second-order valence-electron chi connectivity index (χ2n) is 9.78. The molecule has 10 heteroatoms. The Morgan fingerprint density at radius 2 is 1.88 bits per heavy atom. The highest BCUT2D eigenvalue weighted by molar-refractivity contribution is 7.99. The number of fused-ring (bicyclic) bond motifs is 1. The summed E-state index contributed by atoms with van der Waals surface area (Å²) in [6.07, 6.45) is 2.77. The zero-order chi connectivity index (χ0) is 28.1. The predicted octanol–water partition coefficient (Wildman–Crippen LogP) is 6.96. The number of thioether (sulfide) groups is 2. The van der Waals surface area contributed by atoms with Crippen LogP contribution in [0.15, 0.2) is 64.6 Å². The summed E-state index contributed by atoms with van der Waals surface area (Å²) in [7, 11) is 0. The number of hydrogen-bond acceptors (Lipinski definition) is 8. The van der Waals surface area contributed by atoms with E-state index < -0.39 is 0 Å². The second kappa shape index (κ2) is 13.1. The summed E-state index contributed by atoms with van der Waals surface area (Å²) >= 11 is 4.53. The Labute approximate surface area is 247 Å². The molecule has 2 aromatic carbocycles. The molecule has 2 aromatic heterocycles. The number of carbonyl (C=O) groups excluding carboxylic acids is 2. The molecule has 0 saturated heterocycles. The molecule has 1 amide bonds. The maximum atomic E-state index is 13.1. The summed E-state index contributed by atoms with van der Waals surface area (Å²) in [6.45, 7) is 6.38. The Bertz CT molecular complexity index is 1480. The van der Waals surface area contributed by atoms with E-state index in [1.807, 2.05) is 34.9 Å². The Balaban J connectivity index is 1.32. The molecular formula is C30H32N4O3S3. The first-order valence-corrected chi connectivity index (χ1v) is 16.1. The monoisotopic (exact) mass is 592 g/mol. The number of aryl methyl sites for hydroxylation is 1. The van der Waals surface area contributed by atoms with E-state index in [0.717, 1.165) is 41.2 Å². The fourth-order valence-electron chi connectivity index (χ4n) is 4.66. The van der Waals surface area contributed by atoms with Crippen molar-refractivity contribution >= 4 is 51.7 Å². The number of ether oxygens (including phenoxy) is 1. The normalized spacial score (nSPS) is 14.5. The molecule has 1 aliphatic rings. The van der Waals surface area contributed by atoms with E-state index in [2.05, 4.69) is 53.6 Å². The summed E-state index contributed by atoms with van der Waals surface area (Å²) in [5, 5.41) is 13.2. The number of benzene rings is 2. The summed E-state index contributed by atoms with van der Waals surface area (Å²) in [5.41, 5.74) is 3.72. The Hall–Kier alpha value is -3.08. The molecule has 40 heavy (non-hydrogen) atoms. The van der Waals surface area contributed by atoms with Crippen LogP contribution in [0.5, 0.6) is 0 Å². The highest BCUT2D eigenvalue weighted by Crippen LogP contribution is 2.40. The quantitative estimate of drug-likeness (QED) is 0.157. The van der Waals surface area contributed by atoms with Crippen molar-refractivity contribution in [1.82, 2.24) is 14.8 Å². The summed E-state index contributed by atoms with van der Waals surface area (Å²) in [6, 6.07) is 18.4. The molecule has 5 rings (SSSR count). The lowest BCUT2D eigenvalue weighted by atomic mass is 9.88. The van der Waals surface area contributed by atoms with Gasteiger partial charge in [0, 0.05) is 15.5 Å². The fraction of sp³-hybridized carbons (Fsp3) is 0.333. The minimum atomic E-state index is -0.364. The van der Waals surface area contributed by atoms with E-state index in [9.17, 15) is 9.59 Å². The SMILES string of the molecule is CCOC(=O)c1c(NC(=O)CSc2nnc(CSc3ccc(C)cc3)n2-c2ccccc2)sc2c1CCC(C)C2. The van der Waals surface area contributed by atoms with E-state index in [1.54, 1.807) is 18.7 Å². The lowest BCUT2D eigenvalue weighted by molar-refractivity contribution is -0.113. The van der Waals surface area contributed by atoms with Crippen LogP contribution in [0.1, 0.15) is 52.5 Å². The molecule has 208 valence electrons. The number of nitrogens with one attached hydrogen (secondary N) is 1. The van der Waals surface area contributed by atoms with Gasteiger partial charge in [0.2, 0.25) is 5.91 Å². The van der Waals surface area contributed by atoms with Crippen molar-refractivity contribution in [3.63, 3.8) is 0 Å². The Morgan fingerprint density at radius 1 is 1.10 bits per heavy atom. The van der Waals surface area contributed by atoms with Crippen molar-refractivity contribution in [2.24, 2.45) is 5.92 Å². The van der Waals surface area contributed by atoms with Crippen molar-refractivity contribution < 1.29 is 14.3 Å². The maximum Gasteiger partial charge on any atom is 0.341 e. The smallest absolute Gasteiger partial charge is 0.341 e. The van der Waals surface area contributed by atoms with Gasteiger partial charge in [-0.1, -0.05) is 54.6 Å². The van der Waals surface area contributed by atoms with Gasteiger partial charge >= 0.3 is 5.97 Å². The van der Waals surface area contributed by atoms with Crippen LogP contribution < -0.4 is 5.32 Å². The van der Waals surface area contributed by atoms with Crippen molar-refractivity contribution in [3.05, 3.63) is 82.0 Å². The van der Waals surface area contributed by atoms with Crippen LogP contribution >= 0.6 is 34.9 Å². The van der Waals surface area contributed by atoms with E-state index in [1.165, 1.54) is 33.5 Å². The van der Waals surface area contributed by atoms with Gasteiger partial charge in [-0.2, -0.15) is 0 Å². The van der Waals surface area contributed by atoms with E-state index >= 15 is 0 Å².